The monoisotopic (exact) mass is 127 g/mol. The molecule has 52 valence electrons. The van der Waals surface area contributed by atoms with Crippen LogP contribution in [0.15, 0.2) is 0 Å². The van der Waals surface area contributed by atoms with Crippen molar-refractivity contribution in [3.63, 3.8) is 0 Å². The molecule has 0 bridgehead atoms. The van der Waals surface area contributed by atoms with E-state index in [1.54, 1.807) is 0 Å². The lowest BCUT2D eigenvalue weighted by molar-refractivity contribution is 0.553. The first-order valence-electron chi connectivity index (χ1n) is 3.33. The minimum atomic E-state index is 0.449. The van der Waals surface area contributed by atoms with Gasteiger partial charge in [0.25, 0.3) is 0 Å². The molecule has 0 aromatic rings. The van der Waals surface area contributed by atoms with Crippen molar-refractivity contribution >= 4 is 7.12 Å². The van der Waals surface area contributed by atoms with Crippen LogP contribution in [-0.2, 0) is 0 Å². The molecule has 0 aromatic carbocycles. The Bertz CT molecular complexity index is 88.2. The zero-order valence-electron chi connectivity index (χ0n) is 6.39. The van der Waals surface area contributed by atoms with Crippen LogP contribution >= 0.6 is 0 Å². The molecule has 0 amide bonds. The third-order valence-corrected chi connectivity index (χ3v) is 1.90. The summed E-state index contributed by atoms with van der Waals surface area (Å²) < 4.78 is 0. The first-order chi connectivity index (χ1) is 4.25. The molecule has 0 spiro atoms. The topological polar surface area (TPSA) is 18.5 Å². The Kier molecular flexibility index (Phi) is 2.11. The fourth-order valence-corrected chi connectivity index (χ4v) is 1.34. The lowest BCUT2D eigenvalue weighted by Crippen LogP contribution is -2.50. The van der Waals surface area contributed by atoms with Crippen molar-refractivity contribution in [2.75, 3.05) is 34.2 Å². The van der Waals surface area contributed by atoms with Crippen LogP contribution in [0.25, 0.3) is 0 Å². The van der Waals surface area contributed by atoms with Gasteiger partial charge in [-0.25, -0.2) is 0 Å². The molecule has 0 radical (unpaired) electrons. The molecule has 0 aliphatic carbocycles. The van der Waals surface area contributed by atoms with Gasteiger partial charge in [0, 0.05) is 13.1 Å². The molecule has 0 aromatic heterocycles. The maximum Gasteiger partial charge on any atom is 0.400 e. The molecule has 1 fully saturated rings. The van der Waals surface area contributed by atoms with Crippen LogP contribution in [0.3, 0.4) is 0 Å². The third-order valence-electron chi connectivity index (χ3n) is 1.90. The summed E-state index contributed by atoms with van der Waals surface area (Å²) in [6, 6.07) is 0. The van der Waals surface area contributed by atoms with Gasteiger partial charge in [-0.05, 0) is 21.1 Å². The first-order valence-corrected chi connectivity index (χ1v) is 3.33. The summed E-state index contributed by atoms with van der Waals surface area (Å²) in [5.41, 5.74) is 0. The van der Waals surface area contributed by atoms with Gasteiger partial charge in [-0.1, -0.05) is 0 Å². The van der Waals surface area contributed by atoms with E-state index < -0.39 is 0 Å². The lowest BCUT2D eigenvalue weighted by atomic mass is 9.93. The molecule has 0 atom stereocenters. The van der Waals surface area contributed by atoms with Crippen LogP contribution in [0, 0.1) is 0 Å². The minimum absolute atomic E-state index is 0.449. The Morgan fingerprint density at radius 2 is 1.67 bits per heavy atom. The van der Waals surface area contributed by atoms with E-state index in [9.17, 15) is 0 Å². The predicted molar refractivity (Wildman–Crippen MR) is 40.1 cm³/mol. The molecule has 1 rings (SSSR count). The molecular formula is C5H14BN3. The van der Waals surface area contributed by atoms with Crippen molar-refractivity contribution in [1.29, 1.82) is 0 Å². The van der Waals surface area contributed by atoms with Crippen molar-refractivity contribution in [3.8, 4) is 0 Å². The van der Waals surface area contributed by atoms with Gasteiger partial charge in [-0.2, -0.15) is 0 Å². The van der Waals surface area contributed by atoms with E-state index in [1.165, 1.54) is 13.1 Å². The van der Waals surface area contributed by atoms with Crippen molar-refractivity contribution in [2.45, 2.75) is 0 Å². The smallest absolute Gasteiger partial charge is 0.330 e. The lowest BCUT2D eigenvalue weighted by Gasteiger charge is -2.17. The van der Waals surface area contributed by atoms with Crippen molar-refractivity contribution in [2.24, 2.45) is 0 Å². The first kappa shape index (κ1) is 7.06. The van der Waals surface area contributed by atoms with Crippen molar-refractivity contribution < 1.29 is 0 Å². The highest BCUT2D eigenvalue weighted by Crippen LogP contribution is 2.00. The second-order valence-electron chi connectivity index (χ2n) is 2.62. The van der Waals surface area contributed by atoms with Gasteiger partial charge in [0.2, 0.25) is 0 Å². The number of rotatable bonds is 1. The molecule has 9 heavy (non-hydrogen) atoms. The van der Waals surface area contributed by atoms with Gasteiger partial charge in [0.05, 0.1) is 0 Å². The van der Waals surface area contributed by atoms with Gasteiger partial charge in [-0.15, -0.1) is 0 Å². The summed E-state index contributed by atoms with van der Waals surface area (Å²) >= 11 is 0. The van der Waals surface area contributed by atoms with E-state index in [-0.39, 0.29) is 0 Å². The summed E-state index contributed by atoms with van der Waals surface area (Å²) in [5, 5.41) is 3.22. The van der Waals surface area contributed by atoms with Gasteiger partial charge in [0.1, 0.15) is 0 Å². The summed E-state index contributed by atoms with van der Waals surface area (Å²) in [5.74, 6) is 0. The molecule has 1 aliphatic heterocycles. The molecular weight excluding hydrogens is 113 g/mol. The zero-order valence-corrected chi connectivity index (χ0v) is 6.39. The third kappa shape index (κ3) is 1.26. The summed E-state index contributed by atoms with van der Waals surface area (Å²) in [4.78, 5) is 4.58. The van der Waals surface area contributed by atoms with E-state index >= 15 is 0 Å². The largest absolute Gasteiger partial charge is 0.400 e. The van der Waals surface area contributed by atoms with Gasteiger partial charge >= 0.3 is 7.12 Å². The van der Waals surface area contributed by atoms with E-state index in [4.69, 9.17) is 0 Å². The SMILES string of the molecule is CNB1N(C)CCN1C. The van der Waals surface area contributed by atoms with Crippen LogP contribution in [0.5, 0.6) is 0 Å². The molecule has 4 heteroatoms. The Morgan fingerprint density at radius 1 is 1.22 bits per heavy atom. The molecule has 0 saturated carbocycles. The predicted octanol–water partition coefficient (Wildman–Crippen LogP) is -0.932. The molecule has 1 heterocycles. The fourth-order valence-electron chi connectivity index (χ4n) is 1.34. The molecule has 1 aliphatic rings. The highest BCUT2D eigenvalue weighted by atomic mass is 15.3. The van der Waals surface area contributed by atoms with Crippen LogP contribution in [0.4, 0.5) is 0 Å². The zero-order chi connectivity index (χ0) is 6.85. The van der Waals surface area contributed by atoms with E-state index in [1.807, 2.05) is 7.05 Å². The summed E-state index contributed by atoms with van der Waals surface area (Å²) in [7, 11) is 6.70. The maximum atomic E-state index is 3.22. The maximum absolute atomic E-state index is 3.22. The number of nitrogens with zero attached hydrogens (tertiary/aromatic N) is 2. The normalized spacial score (nSPS) is 23.7. The van der Waals surface area contributed by atoms with Crippen LogP contribution in [0.2, 0.25) is 0 Å². The number of likely N-dealkylation sites (N-methyl/N-ethyl adjacent to an activating group) is 2. The number of hydrogen-bond acceptors (Lipinski definition) is 3. The molecule has 3 nitrogen and oxygen atoms in total. The Hall–Kier alpha value is -0.0551. The van der Waals surface area contributed by atoms with Crippen molar-refractivity contribution in [1.82, 2.24) is 14.8 Å². The Labute approximate surface area is 57.2 Å². The van der Waals surface area contributed by atoms with Crippen LogP contribution in [0.1, 0.15) is 0 Å². The van der Waals surface area contributed by atoms with E-state index in [0.29, 0.717) is 7.12 Å². The number of nitrogens with one attached hydrogen (secondary N) is 1. The van der Waals surface area contributed by atoms with E-state index in [2.05, 4.69) is 28.9 Å². The summed E-state index contributed by atoms with van der Waals surface area (Å²) in [6.07, 6.45) is 0. The minimum Gasteiger partial charge on any atom is -0.330 e. The average Bonchev–Trinajstić information content (AvgIpc) is 2.12. The van der Waals surface area contributed by atoms with Crippen LogP contribution in [-0.4, -0.2) is 51.0 Å². The second kappa shape index (κ2) is 2.69. The fraction of sp³-hybridized carbons (Fsp3) is 1.00. The molecule has 1 N–H and O–H groups in total. The Morgan fingerprint density at radius 3 is 1.89 bits per heavy atom. The summed E-state index contributed by atoms with van der Waals surface area (Å²) in [6.45, 7) is 2.34. The highest BCUT2D eigenvalue weighted by Gasteiger charge is 2.29. The van der Waals surface area contributed by atoms with Crippen molar-refractivity contribution in [3.05, 3.63) is 0 Å². The standard InChI is InChI=1S/C5H14BN3/c1-7-6-8(2)4-5-9(6)3/h7H,4-5H2,1-3H3. The quantitative estimate of drug-likeness (QED) is 0.459. The number of hydrogen-bond donors (Lipinski definition) is 1. The molecule has 1 saturated heterocycles. The van der Waals surface area contributed by atoms with E-state index in [0.717, 1.165) is 0 Å². The Balaban J connectivity index is 2.44. The average molecular weight is 127 g/mol. The van der Waals surface area contributed by atoms with Gasteiger partial charge < -0.3 is 14.8 Å². The van der Waals surface area contributed by atoms with Gasteiger partial charge in [0.15, 0.2) is 0 Å². The highest BCUT2D eigenvalue weighted by molar-refractivity contribution is 6.50. The molecule has 0 unspecified atom stereocenters. The van der Waals surface area contributed by atoms with Crippen LogP contribution < -0.4 is 5.23 Å². The second-order valence-corrected chi connectivity index (χ2v) is 2.62. The van der Waals surface area contributed by atoms with Gasteiger partial charge in [-0.3, -0.25) is 0 Å².